The molecule has 0 aliphatic heterocycles. The number of hydrogen-bond donors (Lipinski definition) is 1. The Labute approximate surface area is 104 Å². The van der Waals surface area contributed by atoms with Crippen molar-refractivity contribution < 1.29 is 13.2 Å². The standard InChI is InChI=1S/C12H16F3NS/c1-16-11(7-8-17-2)9-5-3-4-6-10(9)12(13,14)15/h3-6,11,16H,7-8H2,1-2H3. The smallest absolute Gasteiger partial charge is 0.313 e. The van der Waals surface area contributed by atoms with E-state index in [1.54, 1.807) is 30.9 Å². The van der Waals surface area contributed by atoms with Gasteiger partial charge in [0.15, 0.2) is 0 Å². The maximum Gasteiger partial charge on any atom is 0.416 e. The van der Waals surface area contributed by atoms with E-state index >= 15 is 0 Å². The molecule has 0 aliphatic rings. The second-order valence-corrected chi connectivity index (χ2v) is 4.69. The van der Waals surface area contributed by atoms with Crippen LogP contribution in [0.3, 0.4) is 0 Å². The maximum absolute atomic E-state index is 12.8. The van der Waals surface area contributed by atoms with Gasteiger partial charge in [-0.1, -0.05) is 18.2 Å². The summed E-state index contributed by atoms with van der Waals surface area (Å²) in [5.74, 6) is 0.831. The summed E-state index contributed by atoms with van der Waals surface area (Å²) in [5, 5.41) is 2.95. The van der Waals surface area contributed by atoms with Gasteiger partial charge in [-0.05, 0) is 37.1 Å². The van der Waals surface area contributed by atoms with E-state index in [-0.39, 0.29) is 6.04 Å². The Morgan fingerprint density at radius 1 is 1.29 bits per heavy atom. The number of benzene rings is 1. The third-order valence-corrected chi connectivity index (χ3v) is 3.24. The molecule has 1 atom stereocenters. The minimum Gasteiger partial charge on any atom is -0.313 e. The lowest BCUT2D eigenvalue weighted by Crippen LogP contribution is -2.21. The first kappa shape index (κ1) is 14.4. The van der Waals surface area contributed by atoms with Crippen LogP contribution in [0.2, 0.25) is 0 Å². The number of thioether (sulfide) groups is 1. The lowest BCUT2D eigenvalue weighted by atomic mass is 9.98. The van der Waals surface area contributed by atoms with E-state index in [0.29, 0.717) is 12.0 Å². The summed E-state index contributed by atoms with van der Waals surface area (Å²) < 4.78 is 38.5. The van der Waals surface area contributed by atoms with Crippen molar-refractivity contribution in [3.05, 3.63) is 35.4 Å². The second kappa shape index (κ2) is 6.31. The van der Waals surface area contributed by atoms with E-state index in [1.165, 1.54) is 6.07 Å². The van der Waals surface area contributed by atoms with Gasteiger partial charge in [-0.3, -0.25) is 0 Å². The predicted molar refractivity (Wildman–Crippen MR) is 66.2 cm³/mol. The predicted octanol–water partition coefficient (Wildman–Crippen LogP) is 3.72. The zero-order chi connectivity index (χ0) is 12.9. The molecule has 1 nitrogen and oxygen atoms in total. The number of halogens is 3. The highest BCUT2D eigenvalue weighted by molar-refractivity contribution is 7.98. The van der Waals surface area contributed by atoms with Gasteiger partial charge < -0.3 is 5.32 Å². The van der Waals surface area contributed by atoms with Crippen LogP contribution in [-0.2, 0) is 6.18 Å². The summed E-state index contributed by atoms with van der Waals surface area (Å²) in [7, 11) is 1.69. The van der Waals surface area contributed by atoms with Crippen molar-refractivity contribution in [2.45, 2.75) is 18.6 Å². The molecule has 5 heteroatoms. The fourth-order valence-corrected chi connectivity index (χ4v) is 2.22. The average molecular weight is 263 g/mol. The van der Waals surface area contributed by atoms with Crippen LogP contribution >= 0.6 is 11.8 Å². The van der Waals surface area contributed by atoms with Gasteiger partial charge in [0, 0.05) is 6.04 Å². The molecular weight excluding hydrogens is 247 g/mol. The molecule has 0 saturated carbocycles. The van der Waals surface area contributed by atoms with E-state index in [1.807, 2.05) is 6.26 Å². The van der Waals surface area contributed by atoms with E-state index in [4.69, 9.17) is 0 Å². The Kier molecular flexibility index (Phi) is 5.33. The number of alkyl halides is 3. The van der Waals surface area contributed by atoms with E-state index in [9.17, 15) is 13.2 Å². The number of nitrogens with one attached hydrogen (secondary N) is 1. The van der Waals surface area contributed by atoms with Gasteiger partial charge in [-0.2, -0.15) is 24.9 Å². The highest BCUT2D eigenvalue weighted by atomic mass is 32.2. The van der Waals surface area contributed by atoms with Crippen LogP contribution in [0, 0.1) is 0 Å². The van der Waals surface area contributed by atoms with Crippen LogP contribution in [0.4, 0.5) is 13.2 Å². The molecule has 0 spiro atoms. The van der Waals surface area contributed by atoms with Crippen molar-refractivity contribution in [2.75, 3.05) is 19.1 Å². The zero-order valence-corrected chi connectivity index (χ0v) is 10.7. The largest absolute Gasteiger partial charge is 0.416 e. The van der Waals surface area contributed by atoms with Gasteiger partial charge in [0.25, 0.3) is 0 Å². The van der Waals surface area contributed by atoms with Crippen LogP contribution in [0.1, 0.15) is 23.6 Å². The van der Waals surface area contributed by atoms with Gasteiger partial charge in [0.2, 0.25) is 0 Å². The first-order valence-electron chi connectivity index (χ1n) is 5.33. The molecule has 96 valence electrons. The molecule has 0 heterocycles. The fourth-order valence-electron chi connectivity index (χ4n) is 1.75. The molecular formula is C12H16F3NS. The van der Waals surface area contributed by atoms with Crippen molar-refractivity contribution in [1.29, 1.82) is 0 Å². The quantitative estimate of drug-likeness (QED) is 0.869. The molecule has 1 unspecified atom stereocenters. The molecule has 0 amide bonds. The molecule has 1 rings (SSSR count). The molecule has 17 heavy (non-hydrogen) atoms. The average Bonchev–Trinajstić information content (AvgIpc) is 2.29. The Bertz CT molecular complexity index is 352. The second-order valence-electron chi connectivity index (χ2n) is 3.71. The molecule has 0 radical (unpaired) electrons. The highest BCUT2D eigenvalue weighted by Crippen LogP contribution is 2.35. The Hall–Kier alpha value is -0.680. The minimum absolute atomic E-state index is 0.250. The lowest BCUT2D eigenvalue weighted by molar-refractivity contribution is -0.138. The molecule has 0 bridgehead atoms. The molecule has 0 saturated heterocycles. The van der Waals surface area contributed by atoms with Gasteiger partial charge in [0.1, 0.15) is 0 Å². The number of hydrogen-bond acceptors (Lipinski definition) is 2. The summed E-state index contributed by atoms with van der Waals surface area (Å²) in [5.41, 5.74) is -0.211. The molecule has 0 aliphatic carbocycles. The van der Waals surface area contributed by atoms with Crippen molar-refractivity contribution in [3.8, 4) is 0 Å². The minimum atomic E-state index is -4.29. The van der Waals surface area contributed by atoms with Crippen molar-refractivity contribution in [1.82, 2.24) is 5.32 Å². The summed E-state index contributed by atoms with van der Waals surface area (Å²) >= 11 is 1.63. The summed E-state index contributed by atoms with van der Waals surface area (Å²) in [6, 6.07) is 5.50. The molecule has 0 fully saturated rings. The molecule has 1 aromatic carbocycles. The third-order valence-electron chi connectivity index (χ3n) is 2.60. The van der Waals surface area contributed by atoms with Crippen molar-refractivity contribution >= 4 is 11.8 Å². The van der Waals surface area contributed by atoms with Crippen molar-refractivity contribution in [2.24, 2.45) is 0 Å². The molecule has 1 N–H and O–H groups in total. The third kappa shape index (κ3) is 3.92. The van der Waals surface area contributed by atoms with Gasteiger partial charge in [-0.15, -0.1) is 0 Å². The Balaban J connectivity index is 3.02. The first-order chi connectivity index (χ1) is 8.00. The highest BCUT2D eigenvalue weighted by Gasteiger charge is 2.34. The van der Waals surface area contributed by atoms with E-state index in [2.05, 4.69) is 5.32 Å². The molecule has 1 aromatic rings. The number of rotatable bonds is 5. The van der Waals surface area contributed by atoms with E-state index in [0.717, 1.165) is 11.8 Å². The molecule has 0 aromatic heterocycles. The topological polar surface area (TPSA) is 12.0 Å². The maximum atomic E-state index is 12.8. The van der Waals surface area contributed by atoms with Crippen molar-refractivity contribution in [3.63, 3.8) is 0 Å². The van der Waals surface area contributed by atoms with Crippen LogP contribution in [-0.4, -0.2) is 19.1 Å². The lowest BCUT2D eigenvalue weighted by Gasteiger charge is -2.21. The van der Waals surface area contributed by atoms with Gasteiger partial charge in [-0.25, -0.2) is 0 Å². The van der Waals surface area contributed by atoms with Gasteiger partial charge >= 0.3 is 6.18 Å². The summed E-state index contributed by atoms with van der Waals surface area (Å²) in [4.78, 5) is 0. The van der Waals surface area contributed by atoms with Crippen LogP contribution in [0.5, 0.6) is 0 Å². The monoisotopic (exact) mass is 263 g/mol. The zero-order valence-electron chi connectivity index (χ0n) is 9.84. The fraction of sp³-hybridized carbons (Fsp3) is 0.500. The van der Waals surface area contributed by atoms with Gasteiger partial charge in [0.05, 0.1) is 5.56 Å². The Morgan fingerprint density at radius 2 is 1.94 bits per heavy atom. The van der Waals surface area contributed by atoms with Crippen LogP contribution in [0.15, 0.2) is 24.3 Å². The SMILES string of the molecule is CNC(CCSC)c1ccccc1C(F)(F)F. The Morgan fingerprint density at radius 3 is 2.47 bits per heavy atom. The van der Waals surface area contributed by atoms with Crippen LogP contribution in [0.25, 0.3) is 0 Å². The van der Waals surface area contributed by atoms with Crippen LogP contribution < -0.4 is 5.32 Å². The summed E-state index contributed by atoms with van der Waals surface area (Å²) in [6.45, 7) is 0. The first-order valence-corrected chi connectivity index (χ1v) is 6.72. The summed E-state index contributed by atoms with van der Waals surface area (Å²) in [6.07, 6.45) is -1.65. The normalized spacial score (nSPS) is 13.7. The van der Waals surface area contributed by atoms with E-state index < -0.39 is 11.7 Å².